The lowest BCUT2D eigenvalue weighted by Gasteiger charge is -2.29. The molecule has 0 saturated carbocycles. The van der Waals surface area contributed by atoms with Crippen molar-refractivity contribution in [2.45, 2.75) is 54.0 Å². The first kappa shape index (κ1) is 12.5. The van der Waals surface area contributed by atoms with Crippen LogP contribution in [0, 0.1) is 11.3 Å². The lowest BCUT2D eigenvalue weighted by Crippen LogP contribution is -2.43. The highest BCUT2D eigenvalue weighted by molar-refractivity contribution is 5.78. The van der Waals surface area contributed by atoms with Gasteiger partial charge in [0.25, 0.3) is 0 Å². The number of carbonyl (C=O) groups is 1. The van der Waals surface area contributed by atoms with E-state index in [1.807, 2.05) is 13.8 Å². The lowest BCUT2D eigenvalue weighted by molar-refractivity contribution is -0.125. The van der Waals surface area contributed by atoms with Gasteiger partial charge in [0.15, 0.2) is 0 Å². The molecule has 2 heteroatoms. The summed E-state index contributed by atoms with van der Waals surface area (Å²) in [4.78, 5) is 11.5. The van der Waals surface area contributed by atoms with Crippen LogP contribution in [0.15, 0.2) is 0 Å². The number of hydrogen-bond donors (Lipinski definition) is 1. The summed E-state index contributed by atoms with van der Waals surface area (Å²) in [7, 11) is 0. The van der Waals surface area contributed by atoms with Crippen molar-refractivity contribution in [1.82, 2.24) is 5.32 Å². The first-order chi connectivity index (χ1) is 5.79. The fourth-order valence-corrected chi connectivity index (χ4v) is 0.758. The van der Waals surface area contributed by atoms with Crippen LogP contribution >= 0.6 is 0 Å². The topological polar surface area (TPSA) is 29.1 Å². The Balaban J connectivity index is 4.07. The van der Waals surface area contributed by atoms with E-state index in [2.05, 4.69) is 33.0 Å². The van der Waals surface area contributed by atoms with E-state index in [1.54, 1.807) is 0 Å². The van der Waals surface area contributed by atoms with Crippen LogP contribution in [0.25, 0.3) is 0 Å². The summed E-state index contributed by atoms with van der Waals surface area (Å²) in [6, 6.07) is 0.231. The number of nitrogens with one attached hydrogen (secondary N) is 1. The Bertz CT molecular complexity index is 169. The molecule has 2 unspecified atom stereocenters. The maximum absolute atomic E-state index is 11.5. The van der Waals surface area contributed by atoms with Crippen molar-refractivity contribution in [3.63, 3.8) is 0 Å². The number of rotatable bonds is 3. The smallest absolute Gasteiger partial charge is 0.223 e. The van der Waals surface area contributed by atoms with Crippen molar-refractivity contribution >= 4 is 5.91 Å². The van der Waals surface area contributed by atoms with Gasteiger partial charge in [-0.1, -0.05) is 34.6 Å². The standard InChI is InChI=1S/C11H23NO/c1-7-8(2)10(13)12-9(3)11(4,5)6/h8-9H,7H2,1-6H3,(H,12,13). The van der Waals surface area contributed by atoms with Crippen LogP contribution < -0.4 is 5.32 Å². The van der Waals surface area contributed by atoms with E-state index < -0.39 is 0 Å². The molecule has 13 heavy (non-hydrogen) atoms. The molecule has 0 saturated heterocycles. The molecule has 0 spiro atoms. The van der Waals surface area contributed by atoms with Gasteiger partial charge in [0.2, 0.25) is 5.91 Å². The Hall–Kier alpha value is -0.530. The van der Waals surface area contributed by atoms with E-state index in [-0.39, 0.29) is 23.3 Å². The van der Waals surface area contributed by atoms with Crippen molar-refractivity contribution < 1.29 is 4.79 Å². The predicted molar refractivity (Wildman–Crippen MR) is 56.5 cm³/mol. The monoisotopic (exact) mass is 185 g/mol. The highest BCUT2D eigenvalue weighted by Gasteiger charge is 2.22. The van der Waals surface area contributed by atoms with Crippen LogP contribution in [-0.2, 0) is 4.79 Å². The summed E-state index contributed by atoms with van der Waals surface area (Å²) in [5, 5.41) is 3.03. The van der Waals surface area contributed by atoms with Gasteiger partial charge in [-0.2, -0.15) is 0 Å². The normalized spacial score (nSPS) is 16.5. The predicted octanol–water partition coefficient (Wildman–Crippen LogP) is 2.58. The molecular weight excluding hydrogens is 162 g/mol. The van der Waals surface area contributed by atoms with Gasteiger partial charge in [-0.15, -0.1) is 0 Å². The highest BCUT2D eigenvalue weighted by Crippen LogP contribution is 2.18. The average Bonchev–Trinajstić information content (AvgIpc) is 2.01. The van der Waals surface area contributed by atoms with Gasteiger partial charge < -0.3 is 5.32 Å². The molecule has 0 aliphatic rings. The zero-order chi connectivity index (χ0) is 10.6. The van der Waals surface area contributed by atoms with Gasteiger partial charge >= 0.3 is 0 Å². The second-order valence-corrected chi connectivity index (χ2v) is 4.91. The molecule has 2 atom stereocenters. The maximum atomic E-state index is 11.5. The number of hydrogen-bond acceptors (Lipinski definition) is 1. The van der Waals surface area contributed by atoms with Crippen LogP contribution in [0.3, 0.4) is 0 Å². The minimum atomic E-state index is 0.129. The Morgan fingerprint density at radius 3 is 2.08 bits per heavy atom. The van der Waals surface area contributed by atoms with Crippen molar-refractivity contribution in [2.24, 2.45) is 11.3 Å². The second-order valence-electron chi connectivity index (χ2n) is 4.91. The van der Waals surface area contributed by atoms with Crippen molar-refractivity contribution in [3.8, 4) is 0 Å². The second kappa shape index (κ2) is 4.64. The third-order valence-corrected chi connectivity index (χ3v) is 2.72. The Kier molecular flexibility index (Phi) is 4.45. The molecular formula is C11H23NO. The van der Waals surface area contributed by atoms with Crippen LogP contribution in [0.1, 0.15) is 48.0 Å². The number of amides is 1. The fraction of sp³-hybridized carbons (Fsp3) is 0.909. The largest absolute Gasteiger partial charge is 0.353 e. The molecule has 0 aromatic carbocycles. The first-order valence-electron chi connectivity index (χ1n) is 5.09. The van der Waals surface area contributed by atoms with E-state index in [1.165, 1.54) is 0 Å². The zero-order valence-corrected chi connectivity index (χ0v) is 9.77. The SMILES string of the molecule is CCC(C)C(=O)NC(C)C(C)(C)C. The molecule has 0 fully saturated rings. The zero-order valence-electron chi connectivity index (χ0n) is 9.77. The van der Waals surface area contributed by atoms with Gasteiger partial charge in [0.1, 0.15) is 0 Å². The number of carbonyl (C=O) groups excluding carboxylic acids is 1. The Morgan fingerprint density at radius 1 is 1.31 bits per heavy atom. The highest BCUT2D eigenvalue weighted by atomic mass is 16.1. The van der Waals surface area contributed by atoms with Crippen LogP contribution in [0.5, 0.6) is 0 Å². The summed E-state index contributed by atoms with van der Waals surface area (Å²) in [6.45, 7) is 12.5. The molecule has 2 nitrogen and oxygen atoms in total. The molecule has 1 N–H and O–H groups in total. The summed E-state index contributed by atoms with van der Waals surface area (Å²) in [5.41, 5.74) is 0.142. The van der Waals surface area contributed by atoms with Gasteiger partial charge in [0, 0.05) is 12.0 Å². The van der Waals surface area contributed by atoms with Crippen molar-refractivity contribution in [3.05, 3.63) is 0 Å². The van der Waals surface area contributed by atoms with Crippen LogP contribution in [0.4, 0.5) is 0 Å². The van der Waals surface area contributed by atoms with Gasteiger partial charge in [-0.3, -0.25) is 4.79 Å². The lowest BCUT2D eigenvalue weighted by atomic mass is 9.87. The fourth-order valence-electron chi connectivity index (χ4n) is 0.758. The van der Waals surface area contributed by atoms with Gasteiger partial charge in [-0.25, -0.2) is 0 Å². The third kappa shape index (κ3) is 4.30. The van der Waals surface area contributed by atoms with E-state index in [4.69, 9.17) is 0 Å². The molecule has 0 aliphatic heterocycles. The molecule has 0 aliphatic carbocycles. The summed E-state index contributed by atoms with van der Waals surface area (Å²) in [5.74, 6) is 0.301. The molecule has 0 rings (SSSR count). The van der Waals surface area contributed by atoms with Crippen LogP contribution in [0.2, 0.25) is 0 Å². The Labute approximate surface area is 82.1 Å². The molecule has 1 amide bonds. The summed E-state index contributed by atoms with van der Waals surface area (Å²) in [6.07, 6.45) is 0.905. The van der Waals surface area contributed by atoms with Gasteiger partial charge in [-0.05, 0) is 18.8 Å². The molecule has 0 radical (unpaired) electrons. The van der Waals surface area contributed by atoms with Crippen LogP contribution in [-0.4, -0.2) is 11.9 Å². The van der Waals surface area contributed by atoms with E-state index in [9.17, 15) is 4.79 Å². The first-order valence-corrected chi connectivity index (χ1v) is 5.09. The van der Waals surface area contributed by atoms with Crippen molar-refractivity contribution in [2.75, 3.05) is 0 Å². The minimum Gasteiger partial charge on any atom is -0.353 e. The van der Waals surface area contributed by atoms with E-state index in [0.29, 0.717) is 0 Å². The van der Waals surface area contributed by atoms with E-state index >= 15 is 0 Å². The van der Waals surface area contributed by atoms with Crippen molar-refractivity contribution in [1.29, 1.82) is 0 Å². The minimum absolute atomic E-state index is 0.129. The third-order valence-electron chi connectivity index (χ3n) is 2.72. The quantitative estimate of drug-likeness (QED) is 0.719. The van der Waals surface area contributed by atoms with E-state index in [0.717, 1.165) is 6.42 Å². The molecule has 0 aromatic heterocycles. The maximum Gasteiger partial charge on any atom is 0.223 e. The molecule has 0 bridgehead atoms. The molecule has 0 heterocycles. The molecule has 78 valence electrons. The summed E-state index contributed by atoms with van der Waals surface area (Å²) < 4.78 is 0. The molecule has 0 aromatic rings. The van der Waals surface area contributed by atoms with Gasteiger partial charge in [0.05, 0.1) is 0 Å². The summed E-state index contributed by atoms with van der Waals surface area (Å²) >= 11 is 0. The Morgan fingerprint density at radius 2 is 1.77 bits per heavy atom. The average molecular weight is 185 g/mol.